The van der Waals surface area contributed by atoms with Crippen LogP contribution < -0.4 is 10.2 Å². The van der Waals surface area contributed by atoms with E-state index >= 15 is 0 Å². The number of hydrogen-bond acceptors (Lipinski definition) is 2. The van der Waals surface area contributed by atoms with E-state index in [1.165, 1.54) is 43.6 Å². The molecule has 1 heterocycles. The molecule has 18 heavy (non-hydrogen) atoms. The van der Waals surface area contributed by atoms with Crippen molar-refractivity contribution in [3.63, 3.8) is 0 Å². The molecule has 100 valence electrons. The van der Waals surface area contributed by atoms with Crippen molar-refractivity contribution >= 4 is 17.3 Å². The molecule has 0 bridgehead atoms. The molecular formula is C15H23ClN2. The smallest absolute Gasteiger partial charge is 0.0412 e. The second-order valence-corrected chi connectivity index (χ2v) is 5.76. The summed E-state index contributed by atoms with van der Waals surface area (Å²) in [5.74, 6) is 0.857. The fourth-order valence-corrected chi connectivity index (χ4v) is 2.89. The van der Waals surface area contributed by atoms with Gasteiger partial charge in [0.15, 0.2) is 0 Å². The van der Waals surface area contributed by atoms with Crippen LogP contribution in [0.1, 0.15) is 31.7 Å². The molecule has 2 rings (SSSR count). The van der Waals surface area contributed by atoms with E-state index in [0.717, 1.165) is 17.5 Å². The maximum atomic E-state index is 6.10. The third-order valence-electron chi connectivity index (χ3n) is 3.77. The summed E-state index contributed by atoms with van der Waals surface area (Å²) in [6.07, 6.45) is 3.94. The standard InChI is InChI=1S/C15H23ClN2/c1-12-4-3-8-18(9-7-12)15-6-5-14(16)10-13(15)11-17-2/h5-6,10,12,17H,3-4,7-9,11H2,1-2H3. The second-order valence-electron chi connectivity index (χ2n) is 5.33. The second kappa shape index (κ2) is 6.44. The summed E-state index contributed by atoms with van der Waals surface area (Å²) >= 11 is 6.10. The van der Waals surface area contributed by atoms with Crippen LogP contribution in [0.3, 0.4) is 0 Å². The lowest BCUT2D eigenvalue weighted by atomic mass is 10.0. The third kappa shape index (κ3) is 3.39. The summed E-state index contributed by atoms with van der Waals surface area (Å²) in [5, 5.41) is 4.06. The maximum Gasteiger partial charge on any atom is 0.0412 e. The van der Waals surface area contributed by atoms with Gasteiger partial charge < -0.3 is 10.2 Å². The van der Waals surface area contributed by atoms with Gasteiger partial charge in [-0.3, -0.25) is 0 Å². The highest BCUT2D eigenvalue weighted by molar-refractivity contribution is 6.30. The molecule has 0 saturated carbocycles. The van der Waals surface area contributed by atoms with Crippen LogP contribution in [0.25, 0.3) is 0 Å². The van der Waals surface area contributed by atoms with E-state index in [9.17, 15) is 0 Å². The van der Waals surface area contributed by atoms with Crippen LogP contribution in [-0.4, -0.2) is 20.1 Å². The molecule has 3 heteroatoms. The van der Waals surface area contributed by atoms with Crippen LogP contribution in [-0.2, 0) is 6.54 Å². The molecule has 2 nitrogen and oxygen atoms in total. The minimum atomic E-state index is 0.826. The average molecular weight is 267 g/mol. The van der Waals surface area contributed by atoms with Gasteiger partial charge in [-0.2, -0.15) is 0 Å². The quantitative estimate of drug-likeness (QED) is 0.898. The highest BCUT2D eigenvalue weighted by atomic mass is 35.5. The van der Waals surface area contributed by atoms with Crippen LogP contribution >= 0.6 is 11.6 Å². The lowest BCUT2D eigenvalue weighted by Crippen LogP contribution is -2.26. The number of rotatable bonds is 3. The van der Waals surface area contributed by atoms with E-state index in [1.807, 2.05) is 13.1 Å². The predicted octanol–water partition coefficient (Wildman–Crippen LogP) is 3.69. The zero-order valence-electron chi connectivity index (χ0n) is 11.4. The molecule has 1 atom stereocenters. The van der Waals surface area contributed by atoms with Crippen LogP contribution in [0.5, 0.6) is 0 Å². The fourth-order valence-electron chi connectivity index (χ4n) is 2.70. The van der Waals surface area contributed by atoms with Crippen LogP contribution in [0.2, 0.25) is 5.02 Å². The van der Waals surface area contributed by atoms with Crippen molar-refractivity contribution in [3.8, 4) is 0 Å². The van der Waals surface area contributed by atoms with Crippen molar-refractivity contribution in [3.05, 3.63) is 28.8 Å². The Labute approximate surface area is 115 Å². The Balaban J connectivity index is 2.20. The monoisotopic (exact) mass is 266 g/mol. The van der Waals surface area contributed by atoms with Gasteiger partial charge in [0, 0.05) is 30.3 Å². The fraction of sp³-hybridized carbons (Fsp3) is 0.600. The first-order chi connectivity index (χ1) is 8.70. The van der Waals surface area contributed by atoms with Gasteiger partial charge in [-0.05, 0) is 56.0 Å². The Morgan fingerprint density at radius 2 is 2.17 bits per heavy atom. The Morgan fingerprint density at radius 3 is 2.94 bits per heavy atom. The largest absolute Gasteiger partial charge is 0.371 e. The molecule has 1 fully saturated rings. The first kappa shape index (κ1) is 13.7. The molecule has 1 N–H and O–H groups in total. The molecule has 1 aliphatic rings. The number of benzene rings is 1. The SMILES string of the molecule is CNCc1cc(Cl)ccc1N1CCCC(C)CC1. The predicted molar refractivity (Wildman–Crippen MR) is 79.4 cm³/mol. The van der Waals surface area contributed by atoms with E-state index in [4.69, 9.17) is 11.6 Å². The molecule has 0 aromatic heterocycles. The van der Waals surface area contributed by atoms with Gasteiger partial charge in [0.2, 0.25) is 0 Å². The van der Waals surface area contributed by atoms with Gasteiger partial charge in [0.25, 0.3) is 0 Å². The maximum absolute atomic E-state index is 6.10. The Morgan fingerprint density at radius 1 is 1.33 bits per heavy atom. The molecule has 0 spiro atoms. The van der Waals surface area contributed by atoms with Crippen molar-refractivity contribution in [1.29, 1.82) is 0 Å². The lowest BCUT2D eigenvalue weighted by molar-refractivity contribution is 0.521. The first-order valence-corrected chi connectivity index (χ1v) is 7.26. The normalized spacial score (nSPS) is 20.8. The van der Waals surface area contributed by atoms with Gasteiger partial charge >= 0.3 is 0 Å². The summed E-state index contributed by atoms with van der Waals surface area (Å²) in [6, 6.07) is 6.26. The summed E-state index contributed by atoms with van der Waals surface area (Å²) in [5.41, 5.74) is 2.66. The highest BCUT2D eigenvalue weighted by Crippen LogP contribution is 2.27. The first-order valence-electron chi connectivity index (χ1n) is 6.88. The molecule has 1 saturated heterocycles. The molecule has 0 radical (unpaired) electrons. The van der Waals surface area contributed by atoms with E-state index in [-0.39, 0.29) is 0 Å². The number of halogens is 1. The van der Waals surface area contributed by atoms with E-state index in [1.54, 1.807) is 0 Å². The third-order valence-corrected chi connectivity index (χ3v) is 4.00. The summed E-state index contributed by atoms with van der Waals surface area (Å²) < 4.78 is 0. The molecular weight excluding hydrogens is 244 g/mol. The van der Waals surface area contributed by atoms with Crippen LogP contribution in [0.15, 0.2) is 18.2 Å². The summed E-state index contributed by atoms with van der Waals surface area (Å²) in [7, 11) is 1.98. The van der Waals surface area contributed by atoms with Crippen molar-refractivity contribution in [1.82, 2.24) is 5.32 Å². The zero-order valence-corrected chi connectivity index (χ0v) is 12.1. The van der Waals surface area contributed by atoms with Crippen molar-refractivity contribution in [2.24, 2.45) is 5.92 Å². The zero-order chi connectivity index (χ0) is 13.0. The van der Waals surface area contributed by atoms with Gasteiger partial charge in [-0.25, -0.2) is 0 Å². The number of anilines is 1. The molecule has 0 amide bonds. The molecule has 1 aromatic carbocycles. The van der Waals surface area contributed by atoms with Gasteiger partial charge in [-0.15, -0.1) is 0 Å². The number of hydrogen-bond donors (Lipinski definition) is 1. The van der Waals surface area contributed by atoms with E-state index < -0.39 is 0 Å². The van der Waals surface area contributed by atoms with Gasteiger partial charge in [-0.1, -0.05) is 18.5 Å². The number of nitrogens with zero attached hydrogens (tertiary/aromatic N) is 1. The highest BCUT2D eigenvalue weighted by Gasteiger charge is 2.16. The Bertz CT molecular complexity index is 392. The summed E-state index contributed by atoms with van der Waals surface area (Å²) in [6.45, 7) is 5.57. The lowest BCUT2D eigenvalue weighted by Gasteiger charge is -2.25. The van der Waals surface area contributed by atoms with Crippen LogP contribution in [0, 0.1) is 5.92 Å². The topological polar surface area (TPSA) is 15.3 Å². The number of nitrogens with one attached hydrogen (secondary N) is 1. The molecule has 1 unspecified atom stereocenters. The van der Waals surface area contributed by atoms with Gasteiger partial charge in [0.1, 0.15) is 0 Å². The van der Waals surface area contributed by atoms with E-state index in [2.05, 4.69) is 29.3 Å². The summed E-state index contributed by atoms with van der Waals surface area (Å²) in [4.78, 5) is 2.52. The van der Waals surface area contributed by atoms with Crippen LogP contribution in [0.4, 0.5) is 5.69 Å². The molecule has 1 aromatic rings. The Kier molecular flexibility index (Phi) is 4.90. The molecule has 1 aliphatic heterocycles. The van der Waals surface area contributed by atoms with E-state index in [0.29, 0.717) is 0 Å². The molecule has 0 aliphatic carbocycles. The van der Waals surface area contributed by atoms with Crippen molar-refractivity contribution < 1.29 is 0 Å². The van der Waals surface area contributed by atoms with Crippen molar-refractivity contribution in [2.45, 2.75) is 32.7 Å². The van der Waals surface area contributed by atoms with Crippen molar-refractivity contribution in [2.75, 3.05) is 25.0 Å². The minimum absolute atomic E-state index is 0.826. The Hall–Kier alpha value is -0.730. The minimum Gasteiger partial charge on any atom is -0.371 e. The average Bonchev–Trinajstić information content (AvgIpc) is 2.55. The van der Waals surface area contributed by atoms with Gasteiger partial charge in [0.05, 0.1) is 0 Å².